The first kappa shape index (κ1) is 13.9. The number of nitrogens with zero attached hydrogens (tertiary/aromatic N) is 3. The van der Waals surface area contributed by atoms with Crippen LogP contribution >= 0.6 is 31.9 Å². The molecule has 0 saturated heterocycles. The van der Waals surface area contributed by atoms with Crippen LogP contribution in [-0.2, 0) is 10.7 Å². The highest BCUT2D eigenvalue weighted by atomic mass is 79.9. The van der Waals surface area contributed by atoms with E-state index in [1.165, 1.54) is 12.1 Å². The van der Waals surface area contributed by atoms with Crippen molar-refractivity contribution in [3.05, 3.63) is 34.6 Å². The van der Waals surface area contributed by atoms with Gasteiger partial charge in [-0.15, -0.1) is 0 Å². The second kappa shape index (κ2) is 5.63. The van der Waals surface area contributed by atoms with Gasteiger partial charge in [0, 0.05) is 10.7 Å². The third-order valence-electron chi connectivity index (χ3n) is 2.56. The van der Waals surface area contributed by atoms with Crippen molar-refractivity contribution in [1.29, 1.82) is 5.26 Å². The molecule has 2 aromatic rings. The molecule has 0 aliphatic heterocycles. The quantitative estimate of drug-likeness (QED) is 0.822. The second-order valence-electron chi connectivity index (χ2n) is 3.69. The minimum atomic E-state index is -1.15. The predicted octanol–water partition coefficient (Wildman–Crippen LogP) is 2.99. The molecule has 0 spiro atoms. The molecule has 0 unspecified atom stereocenters. The third kappa shape index (κ3) is 2.60. The number of carbonyl (C=O) groups is 1. The summed E-state index contributed by atoms with van der Waals surface area (Å²) >= 11 is 6.64. The first-order valence-corrected chi connectivity index (χ1v) is 7.44. The van der Waals surface area contributed by atoms with E-state index < -0.39 is 5.97 Å². The lowest BCUT2D eigenvalue weighted by Crippen LogP contribution is -2.04. The van der Waals surface area contributed by atoms with Crippen molar-refractivity contribution in [2.45, 2.75) is 10.7 Å². The Kier molecular flexibility index (Phi) is 4.12. The Morgan fingerprint density at radius 2 is 1.74 bits per heavy atom. The maximum Gasteiger partial charge on any atom is 0.337 e. The van der Waals surface area contributed by atoms with Crippen LogP contribution in [0, 0.1) is 11.3 Å². The fraction of sp³-hybridized carbons (Fsp3) is 0.167. The Bertz CT molecular complexity index is 710. The maximum atomic E-state index is 11.1. The van der Waals surface area contributed by atoms with Crippen LogP contribution in [0.4, 0.5) is 0 Å². The maximum absolute atomic E-state index is 11.1. The largest absolute Gasteiger partial charge is 0.478 e. The number of halogens is 2. The molecule has 1 heterocycles. The Labute approximate surface area is 125 Å². The van der Waals surface area contributed by atoms with E-state index >= 15 is 0 Å². The van der Waals surface area contributed by atoms with Crippen molar-refractivity contribution in [1.82, 2.24) is 9.97 Å². The van der Waals surface area contributed by atoms with Crippen molar-refractivity contribution >= 4 is 48.9 Å². The highest BCUT2D eigenvalue weighted by Crippen LogP contribution is 2.21. The number of nitriles is 1. The molecule has 0 atom stereocenters. The number of carboxylic acids is 1. The fourth-order valence-electron chi connectivity index (χ4n) is 1.66. The number of rotatable bonds is 3. The molecule has 1 aromatic carbocycles. The van der Waals surface area contributed by atoms with Crippen molar-refractivity contribution in [2.24, 2.45) is 0 Å². The van der Waals surface area contributed by atoms with E-state index in [9.17, 15) is 4.79 Å². The van der Waals surface area contributed by atoms with E-state index in [1.807, 2.05) is 6.07 Å². The lowest BCUT2D eigenvalue weighted by atomic mass is 10.1. The predicted molar refractivity (Wildman–Crippen MR) is 76.5 cm³/mol. The van der Waals surface area contributed by atoms with Gasteiger partial charge in [-0.1, -0.05) is 31.9 Å². The van der Waals surface area contributed by atoms with Gasteiger partial charge in [-0.3, -0.25) is 0 Å². The number of benzene rings is 1. The number of fused-ring (bicyclic) bond motifs is 1. The molecule has 0 bridgehead atoms. The van der Waals surface area contributed by atoms with E-state index in [2.05, 4.69) is 41.8 Å². The van der Waals surface area contributed by atoms with Crippen LogP contribution in [0.25, 0.3) is 11.0 Å². The van der Waals surface area contributed by atoms with Gasteiger partial charge in [-0.2, -0.15) is 5.26 Å². The van der Waals surface area contributed by atoms with Crippen LogP contribution in [0.3, 0.4) is 0 Å². The molecule has 0 radical (unpaired) electrons. The summed E-state index contributed by atoms with van der Waals surface area (Å²) in [6, 6.07) is 4.70. The molecule has 0 aliphatic carbocycles. The van der Waals surface area contributed by atoms with Crippen molar-refractivity contribution < 1.29 is 9.90 Å². The minimum absolute atomic E-state index is 0.0589. The summed E-state index contributed by atoms with van der Waals surface area (Å²) in [5.41, 5.74) is 2.51. The molecule has 2 rings (SSSR count). The van der Waals surface area contributed by atoms with Crippen molar-refractivity contribution in [3.63, 3.8) is 0 Å². The zero-order valence-corrected chi connectivity index (χ0v) is 12.7. The Balaban J connectivity index is 2.79. The number of hydrogen-bond donors (Lipinski definition) is 1. The summed E-state index contributed by atoms with van der Waals surface area (Å²) in [5.74, 6) is -1.15. The highest BCUT2D eigenvalue weighted by Gasteiger charge is 2.14. The summed E-state index contributed by atoms with van der Waals surface area (Å²) in [6.45, 7) is 0. The van der Waals surface area contributed by atoms with E-state index in [-0.39, 0.29) is 11.1 Å². The Morgan fingerprint density at radius 3 is 2.16 bits per heavy atom. The van der Waals surface area contributed by atoms with Gasteiger partial charge in [0.1, 0.15) is 6.07 Å². The topological polar surface area (TPSA) is 86.9 Å². The number of alkyl halides is 2. The molecule has 0 saturated carbocycles. The molecule has 96 valence electrons. The summed E-state index contributed by atoms with van der Waals surface area (Å²) < 4.78 is 0. The van der Waals surface area contributed by atoms with Gasteiger partial charge in [-0.25, -0.2) is 14.8 Å². The summed E-state index contributed by atoms with van der Waals surface area (Å²) in [7, 11) is 0. The highest BCUT2D eigenvalue weighted by molar-refractivity contribution is 9.09. The smallest absolute Gasteiger partial charge is 0.337 e. The standard InChI is InChI=1S/C12H7Br2N3O2/c13-3-10-11(4-14)17-9-2-7(12(18)19)6(5-15)1-8(9)16-10/h1-2H,3-4H2,(H,18,19). The monoisotopic (exact) mass is 383 g/mol. The van der Waals surface area contributed by atoms with Gasteiger partial charge in [0.25, 0.3) is 0 Å². The van der Waals surface area contributed by atoms with Gasteiger partial charge in [0.05, 0.1) is 33.5 Å². The van der Waals surface area contributed by atoms with Gasteiger partial charge in [0.15, 0.2) is 0 Å². The van der Waals surface area contributed by atoms with Gasteiger partial charge >= 0.3 is 5.97 Å². The van der Waals surface area contributed by atoms with Gasteiger partial charge in [0.2, 0.25) is 0 Å². The third-order valence-corrected chi connectivity index (χ3v) is 3.62. The summed E-state index contributed by atoms with van der Waals surface area (Å²) in [6.07, 6.45) is 0. The molecule has 0 aliphatic rings. The van der Waals surface area contributed by atoms with E-state index in [0.717, 1.165) is 11.4 Å². The van der Waals surface area contributed by atoms with Crippen LogP contribution in [0.15, 0.2) is 12.1 Å². The van der Waals surface area contributed by atoms with Crippen molar-refractivity contribution in [2.75, 3.05) is 0 Å². The Hall–Kier alpha value is -1.52. The second-order valence-corrected chi connectivity index (χ2v) is 4.81. The first-order valence-electron chi connectivity index (χ1n) is 5.19. The summed E-state index contributed by atoms with van der Waals surface area (Å²) in [5, 5.41) is 19.1. The molecule has 19 heavy (non-hydrogen) atoms. The summed E-state index contributed by atoms with van der Waals surface area (Å²) in [4.78, 5) is 19.8. The van der Waals surface area contributed by atoms with Crippen LogP contribution in [0.5, 0.6) is 0 Å². The molecule has 1 aromatic heterocycles. The Morgan fingerprint density at radius 1 is 1.21 bits per heavy atom. The van der Waals surface area contributed by atoms with Crippen LogP contribution in [0.1, 0.15) is 27.3 Å². The van der Waals surface area contributed by atoms with Crippen LogP contribution in [0.2, 0.25) is 0 Å². The number of aromatic carboxylic acids is 1. The SMILES string of the molecule is N#Cc1cc2nc(CBr)c(CBr)nc2cc1C(=O)O. The average Bonchev–Trinajstić information content (AvgIpc) is 2.43. The minimum Gasteiger partial charge on any atom is -0.478 e. The lowest BCUT2D eigenvalue weighted by Gasteiger charge is -2.07. The van der Waals surface area contributed by atoms with E-state index in [1.54, 1.807) is 0 Å². The van der Waals surface area contributed by atoms with Crippen LogP contribution < -0.4 is 0 Å². The van der Waals surface area contributed by atoms with Gasteiger partial charge in [-0.05, 0) is 12.1 Å². The zero-order chi connectivity index (χ0) is 14.0. The normalized spacial score (nSPS) is 10.4. The fourth-order valence-corrected chi connectivity index (χ4v) is 2.56. The van der Waals surface area contributed by atoms with Gasteiger partial charge < -0.3 is 5.11 Å². The molecule has 1 N–H and O–H groups in total. The van der Waals surface area contributed by atoms with E-state index in [4.69, 9.17) is 10.4 Å². The zero-order valence-electron chi connectivity index (χ0n) is 9.52. The lowest BCUT2D eigenvalue weighted by molar-refractivity contribution is 0.0696. The molecule has 7 heteroatoms. The molecule has 0 amide bonds. The van der Waals surface area contributed by atoms with Crippen LogP contribution in [-0.4, -0.2) is 21.0 Å². The molecule has 5 nitrogen and oxygen atoms in total. The molecule has 0 fully saturated rings. The number of aromatic nitrogens is 2. The average molecular weight is 385 g/mol. The first-order chi connectivity index (χ1) is 9.10. The number of carboxylic acid groups (broad SMARTS) is 1. The number of hydrogen-bond acceptors (Lipinski definition) is 4. The molecular formula is C12H7Br2N3O2. The van der Waals surface area contributed by atoms with E-state index in [0.29, 0.717) is 21.7 Å². The van der Waals surface area contributed by atoms with Crippen molar-refractivity contribution in [3.8, 4) is 6.07 Å². The molecular weight excluding hydrogens is 378 g/mol.